The molecule has 2 heteroatoms. The van der Waals surface area contributed by atoms with Crippen molar-refractivity contribution in [2.24, 2.45) is 0 Å². The van der Waals surface area contributed by atoms with E-state index < -0.39 is 0 Å². The Morgan fingerprint density at radius 1 is 1.21 bits per heavy atom. The summed E-state index contributed by atoms with van der Waals surface area (Å²) in [4.78, 5) is 2.32. The zero-order valence-electron chi connectivity index (χ0n) is 7.81. The fourth-order valence-electron chi connectivity index (χ4n) is 1.97. The van der Waals surface area contributed by atoms with Crippen LogP contribution in [-0.2, 0) is 6.42 Å². The van der Waals surface area contributed by atoms with E-state index in [1.807, 2.05) is 11.8 Å². The number of hydrogen-bond donors (Lipinski definition) is 0. The first kappa shape index (κ1) is 8.18. The van der Waals surface area contributed by atoms with Gasteiger partial charge in [-0.05, 0) is 17.4 Å². The summed E-state index contributed by atoms with van der Waals surface area (Å²) >= 11 is 1.85. The third-order valence-electron chi connectivity index (χ3n) is 2.67. The zero-order valence-corrected chi connectivity index (χ0v) is 8.63. The van der Waals surface area contributed by atoms with Gasteiger partial charge in [-0.3, -0.25) is 0 Å². The Bertz CT molecular complexity index is 420. The molecule has 1 nitrogen and oxygen atoms in total. The van der Waals surface area contributed by atoms with Crippen molar-refractivity contribution in [2.75, 3.05) is 5.88 Å². The van der Waals surface area contributed by atoms with Gasteiger partial charge in [-0.2, -0.15) is 0 Å². The van der Waals surface area contributed by atoms with Crippen LogP contribution >= 0.6 is 11.8 Å². The molecule has 1 aromatic carbocycles. The van der Waals surface area contributed by atoms with Gasteiger partial charge in [0.2, 0.25) is 0 Å². The Balaban J connectivity index is 2.00. The lowest BCUT2D eigenvalue weighted by Crippen LogP contribution is -2.10. The minimum Gasteiger partial charge on any atom is -0.337 e. The molecule has 1 aliphatic carbocycles. The lowest BCUT2D eigenvalue weighted by atomic mass is 10.1. The second kappa shape index (κ2) is 3.21. The molecule has 0 atom stereocenters. The van der Waals surface area contributed by atoms with E-state index in [1.54, 1.807) is 0 Å². The maximum absolute atomic E-state index is 2.32. The highest BCUT2D eigenvalue weighted by Crippen LogP contribution is 2.33. The predicted octanol–water partition coefficient (Wildman–Crippen LogP) is 3.06. The van der Waals surface area contributed by atoms with E-state index in [2.05, 4.69) is 46.8 Å². The van der Waals surface area contributed by atoms with Crippen LogP contribution in [0.25, 0.3) is 5.70 Å². The van der Waals surface area contributed by atoms with Crippen molar-refractivity contribution in [1.82, 2.24) is 4.90 Å². The van der Waals surface area contributed by atoms with Gasteiger partial charge in [0, 0.05) is 17.5 Å². The van der Waals surface area contributed by atoms with Crippen molar-refractivity contribution in [1.29, 1.82) is 0 Å². The van der Waals surface area contributed by atoms with E-state index >= 15 is 0 Å². The lowest BCUT2D eigenvalue weighted by molar-refractivity contribution is 0.643. The number of allylic oxidation sites excluding steroid dienone is 1. The molecule has 0 saturated carbocycles. The number of nitrogens with zero attached hydrogens (tertiary/aromatic N) is 1. The molecule has 1 aliphatic heterocycles. The molecule has 2 aliphatic rings. The standard InChI is InChI=1S/C12H11NS/c1-2-4-11-10(3-1)5-6-12(11)13-7-8-14-9-13/h1-4,6-8H,5,9H2. The minimum absolute atomic E-state index is 1.06. The fourth-order valence-corrected chi connectivity index (χ4v) is 2.67. The van der Waals surface area contributed by atoms with E-state index in [9.17, 15) is 0 Å². The van der Waals surface area contributed by atoms with Crippen molar-refractivity contribution in [2.45, 2.75) is 6.42 Å². The lowest BCUT2D eigenvalue weighted by Gasteiger charge is -2.17. The van der Waals surface area contributed by atoms with Gasteiger partial charge in [0.05, 0.1) is 5.88 Å². The molecule has 70 valence electrons. The smallest absolute Gasteiger partial charge is 0.0723 e. The highest BCUT2D eigenvalue weighted by atomic mass is 32.2. The van der Waals surface area contributed by atoms with Crippen molar-refractivity contribution >= 4 is 17.5 Å². The van der Waals surface area contributed by atoms with Gasteiger partial charge in [-0.1, -0.05) is 30.3 Å². The summed E-state index contributed by atoms with van der Waals surface area (Å²) in [6.07, 6.45) is 5.57. The summed E-state index contributed by atoms with van der Waals surface area (Å²) in [7, 11) is 0. The normalized spacial score (nSPS) is 18.6. The average molecular weight is 201 g/mol. The van der Waals surface area contributed by atoms with Crippen molar-refractivity contribution in [3.8, 4) is 0 Å². The van der Waals surface area contributed by atoms with Crippen LogP contribution in [0.15, 0.2) is 41.9 Å². The molecule has 0 aromatic heterocycles. The highest BCUT2D eigenvalue weighted by molar-refractivity contribution is 8.02. The number of thioether (sulfide) groups is 1. The summed E-state index contributed by atoms with van der Waals surface area (Å²) < 4.78 is 0. The Morgan fingerprint density at radius 2 is 2.14 bits per heavy atom. The van der Waals surface area contributed by atoms with Crippen LogP contribution in [-0.4, -0.2) is 10.8 Å². The van der Waals surface area contributed by atoms with Gasteiger partial charge in [-0.15, -0.1) is 11.8 Å². The zero-order chi connectivity index (χ0) is 9.38. The van der Waals surface area contributed by atoms with Gasteiger partial charge in [0.25, 0.3) is 0 Å². The fraction of sp³-hybridized carbons (Fsp3) is 0.167. The number of rotatable bonds is 1. The van der Waals surface area contributed by atoms with Gasteiger partial charge in [-0.25, -0.2) is 0 Å². The van der Waals surface area contributed by atoms with Gasteiger partial charge < -0.3 is 4.90 Å². The first-order valence-corrected chi connectivity index (χ1v) is 5.83. The quantitative estimate of drug-likeness (QED) is 0.687. The largest absolute Gasteiger partial charge is 0.337 e. The first-order chi connectivity index (χ1) is 6.95. The number of hydrogen-bond acceptors (Lipinski definition) is 2. The third-order valence-corrected chi connectivity index (χ3v) is 3.41. The van der Waals surface area contributed by atoms with Crippen LogP contribution in [0.1, 0.15) is 11.1 Å². The van der Waals surface area contributed by atoms with Crippen LogP contribution in [0, 0.1) is 0 Å². The van der Waals surface area contributed by atoms with Crippen LogP contribution in [0.5, 0.6) is 0 Å². The Kier molecular flexibility index (Phi) is 1.88. The molecule has 1 heterocycles. The average Bonchev–Trinajstić information content (AvgIpc) is 2.85. The Hall–Kier alpha value is -1.15. The Morgan fingerprint density at radius 3 is 3.00 bits per heavy atom. The van der Waals surface area contributed by atoms with Crippen molar-refractivity contribution < 1.29 is 0 Å². The molecule has 0 spiro atoms. The van der Waals surface area contributed by atoms with Crippen LogP contribution < -0.4 is 0 Å². The maximum Gasteiger partial charge on any atom is 0.0723 e. The second-order valence-corrected chi connectivity index (χ2v) is 4.37. The minimum atomic E-state index is 1.06. The summed E-state index contributed by atoms with van der Waals surface area (Å²) in [6, 6.07) is 8.66. The maximum atomic E-state index is 2.32. The molecule has 0 radical (unpaired) electrons. The topological polar surface area (TPSA) is 3.24 Å². The molecule has 1 aromatic rings. The second-order valence-electron chi connectivity index (χ2n) is 3.50. The molecule has 0 unspecified atom stereocenters. The van der Waals surface area contributed by atoms with E-state index in [-0.39, 0.29) is 0 Å². The van der Waals surface area contributed by atoms with Gasteiger partial charge in [0.1, 0.15) is 0 Å². The highest BCUT2D eigenvalue weighted by Gasteiger charge is 2.18. The first-order valence-electron chi connectivity index (χ1n) is 4.78. The molecule has 0 bridgehead atoms. The van der Waals surface area contributed by atoms with Crippen molar-refractivity contribution in [3.05, 3.63) is 53.1 Å². The molecule has 0 saturated heterocycles. The van der Waals surface area contributed by atoms with Crippen LogP contribution in [0.2, 0.25) is 0 Å². The van der Waals surface area contributed by atoms with Gasteiger partial charge >= 0.3 is 0 Å². The molecular formula is C12H11NS. The Labute approximate surface area is 88.1 Å². The van der Waals surface area contributed by atoms with Gasteiger partial charge in [0.15, 0.2) is 0 Å². The van der Waals surface area contributed by atoms with E-state index in [1.165, 1.54) is 16.8 Å². The number of benzene rings is 1. The molecule has 14 heavy (non-hydrogen) atoms. The van der Waals surface area contributed by atoms with Crippen LogP contribution in [0.4, 0.5) is 0 Å². The molecule has 0 fully saturated rings. The molecule has 3 rings (SSSR count). The van der Waals surface area contributed by atoms with E-state index in [4.69, 9.17) is 0 Å². The van der Waals surface area contributed by atoms with E-state index in [0.29, 0.717) is 0 Å². The molecule has 0 N–H and O–H groups in total. The number of fused-ring (bicyclic) bond motifs is 1. The molecule has 0 amide bonds. The monoisotopic (exact) mass is 201 g/mol. The summed E-state index contributed by atoms with van der Waals surface area (Å²) in [5.74, 6) is 1.06. The SMILES string of the molecule is C1=CN(C2=CCc3ccccc32)CS1. The van der Waals surface area contributed by atoms with E-state index in [0.717, 1.165) is 12.3 Å². The summed E-state index contributed by atoms with van der Waals surface area (Å²) in [5.41, 5.74) is 4.23. The molecular weight excluding hydrogens is 190 g/mol. The predicted molar refractivity (Wildman–Crippen MR) is 61.6 cm³/mol. The van der Waals surface area contributed by atoms with Crippen molar-refractivity contribution in [3.63, 3.8) is 0 Å². The van der Waals surface area contributed by atoms with Crippen LogP contribution in [0.3, 0.4) is 0 Å². The third kappa shape index (κ3) is 1.18. The summed E-state index contributed by atoms with van der Waals surface area (Å²) in [5, 5.41) is 2.15. The summed E-state index contributed by atoms with van der Waals surface area (Å²) in [6.45, 7) is 0.